The second kappa shape index (κ2) is 4.81. The van der Waals surface area contributed by atoms with Crippen molar-refractivity contribution >= 4 is 0 Å². The molecule has 0 amide bonds. The Hall–Kier alpha value is -0.120. The highest BCUT2D eigenvalue weighted by atomic mass is 16.5. The summed E-state index contributed by atoms with van der Waals surface area (Å²) < 4.78 is 5.48. The van der Waals surface area contributed by atoms with E-state index < -0.39 is 5.60 Å². The molecule has 0 bridgehead atoms. The Morgan fingerprint density at radius 3 is 2.67 bits per heavy atom. The number of hydrogen-bond acceptors (Lipinski definition) is 3. The lowest BCUT2D eigenvalue weighted by atomic mass is 9.77. The minimum absolute atomic E-state index is 0.380. The molecule has 2 aliphatic heterocycles. The summed E-state index contributed by atoms with van der Waals surface area (Å²) in [4.78, 5) is 2.41. The largest absolute Gasteiger partial charge is 0.389 e. The van der Waals surface area contributed by atoms with Crippen molar-refractivity contribution in [2.24, 2.45) is 5.92 Å². The van der Waals surface area contributed by atoms with Gasteiger partial charge in [0.05, 0.1) is 12.2 Å². The van der Waals surface area contributed by atoms with Crippen LogP contribution in [0, 0.1) is 5.92 Å². The smallest absolute Gasteiger partial charge is 0.0722 e. The van der Waals surface area contributed by atoms with Crippen molar-refractivity contribution in [1.29, 1.82) is 0 Å². The zero-order valence-electron chi connectivity index (χ0n) is 9.74. The third-order valence-corrected chi connectivity index (χ3v) is 4.09. The van der Waals surface area contributed by atoms with Gasteiger partial charge in [-0.05, 0) is 32.2 Å². The molecule has 0 aliphatic carbocycles. The fourth-order valence-electron chi connectivity index (χ4n) is 2.83. The van der Waals surface area contributed by atoms with Gasteiger partial charge in [0.1, 0.15) is 0 Å². The third kappa shape index (κ3) is 2.52. The summed E-state index contributed by atoms with van der Waals surface area (Å²) in [6.07, 6.45) is 4.11. The summed E-state index contributed by atoms with van der Waals surface area (Å²) in [5, 5.41) is 10.6. The first-order valence-corrected chi connectivity index (χ1v) is 6.27. The van der Waals surface area contributed by atoms with Gasteiger partial charge in [0, 0.05) is 25.6 Å². The second-order valence-corrected chi connectivity index (χ2v) is 4.95. The average Bonchev–Trinajstić information content (AvgIpc) is 2.31. The Bertz CT molecular complexity index is 194. The van der Waals surface area contributed by atoms with Crippen LogP contribution in [-0.2, 0) is 4.74 Å². The molecule has 0 spiro atoms. The quantitative estimate of drug-likeness (QED) is 0.749. The molecule has 0 saturated carbocycles. The molecule has 3 heteroatoms. The second-order valence-electron chi connectivity index (χ2n) is 4.95. The number of likely N-dealkylation sites (tertiary alicyclic amines) is 1. The fraction of sp³-hybridized carbons (Fsp3) is 1.00. The lowest BCUT2D eigenvalue weighted by molar-refractivity contribution is -0.108. The summed E-state index contributed by atoms with van der Waals surface area (Å²) >= 11 is 0. The Kier molecular flexibility index (Phi) is 3.65. The molecule has 15 heavy (non-hydrogen) atoms. The molecule has 88 valence electrons. The molecular weight excluding hydrogens is 190 g/mol. The lowest BCUT2D eigenvalue weighted by Gasteiger charge is -2.44. The first-order chi connectivity index (χ1) is 7.24. The molecule has 0 aromatic rings. The van der Waals surface area contributed by atoms with Gasteiger partial charge in [-0.25, -0.2) is 0 Å². The molecule has 2 fully saturated rings. The van der Waals surface area contributed by atoms with Crippen LogP contribution in [0.5, 0.6) is 0 Å². The zero-order valence-corrected chi connectivity index (χ0v) is 9.74. The summed E-state index contributed by atoms with van der Waals surface area (Å²) in [5.74, 6) is 0.380. The van der Waals surface area contributed by atoms with Crippen LogP contribution in [0.3, 0.4) is 0 Å². The van der Waals surface area contributed by atoms with Crippen LogP contribution in [0.2, 0.25) is 0 Å². The first-order valence-electron chi connectivity index (χ1n) is 6.27. The maximum absolute atomic E-state index is 10.6. The summed E-state index contributed by atoms with van der Waals surface area (Å²) in [5.41, 5.74) is -0.438. The third-order valence-electron chi connectivity index (χ3n) is 4.09. The SMILES string of the molecule is CCN1CCC(O)(C2CCCOC2)CC1. The minimum atomic E-state index is -0.438. The van der Waals surface area contributed by atoms with E-state index >= 15 is 0 Å². The normalized spacial score (nSPS) is 32.8. The van der Waals surface area contributed by atoms with Crippen molar-refractivity contribution in [3.8, 4) is 0 Å². The monoisotopic (exact) mass is 213 g/mol. The van der Waals surface area contributed by atoms with Gasteiger partial charge in [0.15, 0.2) is 0 Å². The average molecular weight is 213 g/mol. The molecule has 0 aromatic heterocycles. The van der Waals surface area contributed by atoms with Crippen LogP contribution in [-0.4, -0.2) is 48.5 Å². The molecule has 1 unspecified atom stereocenters. The van der Waals surface area contributed by atoms with Crippen molar-refractivity contribution in [3.63, 3.8) is 0 Å². The van der Waals surface area contributed by atoms with Crippen molar-refractivity contribution in [1.82, 2.24) is 4.90 Å². The van der Waals surface area contributed by atoms with Crippen molar-refractivity contribution < 1.29 is 9.84 Å². The number of nitrogens with zero attached hydrogens (tertiary/aromatic N) is 1. The van der Waals surface area contributed by atoms with E-state index in [1.165, 1.54) is 0 Å². The molecule has 2 aliphatic rings. The molecule has 1 N–H and O–H groups in total. The van der Waals surface area contributed by atoms with E-state index in [0.29, 0.717) is 5.92 Å². The van der Waals surface area contributed by atoms with Gasteiger partial charge in [-0.15, -0.1) is 0 Å². The van der Waals surface area contributed by atoms with Gasteiger partial charge in [-0.1, -0.05) is 6.92 Å². The van der Waals surface area contributed by atoms with Gasteiger partial charge in [-0.3, -0.25) is 0 Å². The predicted octanol–water partition coefficient (Wildman–Crippen LogP) is 1.26. The molecule has 0 radical (unpaired) electrons. The lowest BCUT2D eigenvalue weighted by Crippen LogP contribution is -2.50. The van der Waals surface area contributed by atoms with E-state index in [2.05, 4.69) is 11.8 Å². The Balaban J connectivity index is 1.89. The standard InChI is InChI=1S/C12H23NO2/c1-2-13-7-5-12(14,6-8-13)11-4-3-9-15-10-11/h11,14H,2-10H2,1H3. The molecule has 1 atom stereocenters. The van der Waals surface area contributed by atoms with Gasteiger partial charge >= 0.3 is 0 Å². The van der Waals surface area contributed by atoms with Gasteiger partial charge in [0.2, 0.25) is 0 Å². The maximum atomic E-state index is 10.6. The molecule has 2 rings (SSSR count). The number of rotatable bonds is 2. The van der Waals surface area contributed by atoms with E-state index in [9.17, 15) is 5.11 Å². The minimum Gasteiger partial charge on any atom is -0.389 e. The van der Waals surface area contributed by atoms with E-state index in [-0.39, 0.29) is 0 Å². The Morgan fingerprint density at radius 1 is 1.40 bits per heavy atom. The van der Waals surface area contributed by atoms with Crippen LogP contribution in [0.25, 0.3) is 0 Å². The van der Waals surface area contributed by atoms with Crippen molar-refractivity contribution in [3.05, 3.63) is 0 Å². The molecule has 3 nitrogen and oxygen atoms in total. The predicted molar refractivity (Wildman–Crippen MR) is 59.8 cm³/mol. The first kappa shape index (κ1) is 11.4. The van der Waals surface area contributed by atoms with Crippen LogP contribution in [0.4, 0.5) is 0 Å². The number of ether oxygens (including phenoxy) is 1. The number of aliphatic hydroxyl groups is 1. The van der Waals surface area contributed by atoms with Crippen molar-refractivity contribution in [2.75, 3.05) is 32.8 Å². The highest BCUT2D eigenvalue weighted by Gasteiger charge is 2.39. The van der Waals surface area contributed by atoms with E-state index in [1.54, 1.807) is 0 Å². The van der Waals surface area contributed by atoms with Crippen LogP contribution < -0.4 is 0 Å². The Morgan fingerprint density at radius 2 is 2.13 bits per heavy atom. The van der Waals surface area contributed by atoms with Crippen LogP contribution >= 0.6 is 0 Å². The van der Waals surface area contributed by atoms with Gasteiger partial charge in [-0.2, -0.15) is 0 Å². The number of hydrogen-bond donors (Lipinski definition) is 1. The summed E-state index contributed by atoms with van der Waals surface area (Å²) in [6, 6.07) is 0. The topological polar surface area (TPSA) is 32.7 Å². The summed E-state index contributed by atoms with van der Waals surface area (Å²) in [6.45, 7) is 7.04. The van der Waals surface area contributed by atoms with E-state index in [1.807, 2.05) is 0 Å². The van der Waals surface area contributed by atoms with E-state index in [0.717, 1.165) is 58.5 Å². The van der Waals surface area contributed by atoms with Crippen LogP contribution in [0.15, 0.2) is 0 Å². The van der Waals surface area contributed by atoms with E-state index in [4.69, 9.17) is 4.74 Å². The van der Waals surface area contributed by atoms with Gasteiger partial charge < -0.3 is 14.7 Å². The zero-order chi connectivity index (χ0) is 10.7. The molecule has 2 saturated heterocycles. The Labute approximate surface area is 92.4 Å². The molecular formula is C12H23NO2. The van der Waals surface area contributed by atoms with Crippen molar-refractivity contribution in [2.45, 2.75) is 38.2 Å². The fourth-order valence-corrected chi connectivity index (χ4v) is 2.83. The maximum Gasteiger partial charge on any atom is 0.0722 e. The highest BCUT2D eigenvalue weighted by molar-refractivity contribution is 4.92. The number of piperidine rings is 1. The molecule has 2 heterocycles. The molecule has 0 aromatic carbocycles. The van der Waals surface area contributed by atoms with Gasteiger partial charge in [0.25, 0.3) is 0 Å². The highest BCUT2D eigenvalue weighted by Crippen LogP contribution is 2.34. The van der Waals surface area contributed by atoms with Crippen LogP contribution in [0.1, 0.15) is 32.6 Å². The summed E-state index contributed by atoms with van der Waals surface area (Å²) in [7, 11) is 0.